The smallest absolute Gasteiger partial charge is 0.0540 e. The predicted molar refractivity (Wildman–Crippen MR) is 139 cm³/mol. The molecule has 5 rings (SSSR count). The minimum Gasteiger partial charge on any atom is -0.310 e. The largest absolute Gasteiger partial charge is 0.310 e. The first-order valence-electron chi connectivity index (χ1n) is 11.0. The molecule has 0 atom stereocenters. The first kappa shape index (κ1) is 19.8. The van der Waals surface area contributed by atoms with Crippen molar-refractivity contribution in [2.24, 2.45) is 0 Å². The van der Waals surface area contributed by atoms with Crippen LogP contribution in [0.5, 0.6) is 0 Å². The molecular formula is C31H25N. The van der Waals surface area contributed by atoms with Crippen LogP contribution in [0.1, 0.15) is 18.1 Å². The van der Waals surface area contributed by atoms with Crippen LogP contribution in [0.3, 0.4) is 0 Å². The lowest BCUT2D eigenvalue weighted by Gasteiger charge is -2.27. The molecule has 154 valence electrons. The van der Waals surface area contributed by atoms with Crippen LogP contribution in [-0.2, 0) is 0 Å². The zero-order chi connectivity index (χ0) is 21.8. The quantitative estimate of drug-likeness (QED) is 0.261. The maximum absolute atomic E-state index is 2.33. The lowest BCUT2D eigenvalue weighted by molar-refractivity contribution is 1.30. The molecule has 0 aromatic heterocycles. The Hall–Kier alpha value is -4.10. The summed E-state index contributed by atoms with van der Waals surface area (Å²) in [6, 6.07) is 44.9. The second kappa shape index (κ2) is 8.95. The molecule has 0 bridgehead atoms. The maximum Gasteiger partial charge on any atom is 0.0540 e. The molecule has 1 heteroatoms. The van der Waals surface area contributed by atoms with Crippen LogP contribution in [0, 0.1) is 0 Å². The lowest BCUT2D eigenvalue weighted by atomic mass is 9.98. The van der Waals surface area contributed by atoms with Crippen molar-refractivity contribution in [3.63, 3.8) is 0 Å². The first-order valence-corrected chi connectivity index (χ1v) is 11.0. The minimum atomic E-state index is 1.15. The zero-order valence-corrected chi connectivity index (χ0v) is 18.1. The summed E-state index contributed by atoms with van der Waals surface area (Å²) in [6.07, 6.45) is 2.29. The number of fused-ring (bicyclic) bond motifs is 1. The van der Waals surface area contributed by atoms with E-state index in [0.717, 1.165) is 11.4 Å². The van der Waals surface area contributed by atoms with Gasteiger partial charge in [0.05, 0.1) is 5.69 Å². The van der Waals surface area contributed by atoms with Crippen molar-refractivity contribution in [3.05, 3.63) is 139 Å². The molecule has 0 amide bonds. The SMILES string of the molecule is CC(=Cc1ccc(N(c2ccccc2)c2ccccc2)c2ccccc12)c1ccccc1. The highest BCUT2D eigenvalue weighted by Crippen LogP contribution is 2.40. The van der Waals surface area contributed by atoms with E-state index in [-0.39, 0.29) is 0 Å². The number of nitrogens with zero attached hydrogens (tertiary/aromatic N) is 1. The van der Waals surface area contributed by atoms with Crippen LogP contribution in [-0.4, -0.2) is 0 Å². The van der Waals surface area contributed by atoms with Crippen LogP contribution < -0.4 is 4.90 Å². The average molecular weight is 412 g/mol. The summed E-state index contributed by atoms with van der Waals surface area (Å²) in [5.74, 6) is 0. The molecule has 0 aliphatic heterocycles. The summed E-state index contributed by atoms with van der Waals surface area (Å²) < 4.78 is 0. The van der Waals surface area contributed by atoms with Gasteiger partial charge >= 0.3 is 0 Å². The molecule has 0 saturated carbocycles. The number of para-hydroxylation sites is 2. The van der Waals surface area contributed by atoms with Gasteiger partial charge in [-0.3, -0.25) is 0 Å². The Labute approximate surface area is 189 Å². The Morgan fingerprint density at radius 1 is 0.531 bits per heavy atom. The second-order valence-corrected chi connectivity index (χ2v) is 7.92. The van der Waals surface area contributed by atoms with Gasteiger partial charge in [-0.2, -0.15) is 0 Å². The van der Waals surface area contributed by atoms with E-state index in [1.165, 1.54) is 33.2 Å². The zero-order valence-electron chi connectivity index (χ0n) is 18.1. The molecule has 32 heavy (non-hydrogen) atoms. The van der Waals surface area contributed by atoms with E-state index < -0.39 is 0 Å². The molecule has 1 nitrogen and oxygen atoms in total. The van der Waals surface area contributed by atoms with E-state index in [1.807, 2.05) is 0 Å². The van der Waals surface area contributed by atoms with Gasteiger partial charge in [-0.25, -0.2) is 0 Å². The summed E-state index contributed by atoms with van der Waals surface area (Å²) in [5, 5.41) is 2.48. The Morgan fingerprint density at radius 3 is 1.62 bits per heavy atom. The Kier molecular flexibility index (Phi) is 5.55. The van der Waals surface area contributed by atoms with Crippen LogP contribution in [0.2, 0.25) is 0 Å². The number of hydrogen-bond donors (Lipinski definition) is 0. The second-order valence-electron chi connectivity index (χ2n) is 7.92. The van der Waals surface area contributed by atoms with Crippen LogP contribution in [0.15, 0.2) is 127 Å². The van der Waals surface area contributed by atoms with Gasteiger partial charge in [0, 0.05) is 16.8 Å². The fourth-order valence-electron chi connectivity index (χ4n) is 4.23. The Morgan fingerprint density at radius 2 is 1.03 bits per heavy atom. The molecule has 5 aromatic carbocycles. The number of rotatable bonds is 5. The third-order valence-corrected chi connectivity index (χ3v) is 5.81. The number of hydrogen-bond acceptors (Lipinski definition) is 1. The van der Waals surface area contributed by atoms with Gasteiger partial charge in [0.2, 0.25) is 0 Å². The van der Waals surface area contributed by atoms with Crippen molar-refractivity contribution in [1.82, 2.24) is 0 Å². The lowest BCUT2D eigenvalue weighted by Crippen LogP contribution is -2.10. The maximum atomic E-state index is 2.33. The van der Waals surface area contributed by atoms with Crippen molar-refractivity contribution < 1.29 is 0 Å². The molecule has 0 unspecified atom stereocenters. The highest BCUT2D eigenvalue weighted by molar-refractivity contribution is 6.04. The van der Waals surface area contributed by atoms with E-state index in [9.17, 15) is 0 Å². The highest BCUT2D eigenvalue weighted by atomic mass is 15.1. The molecule has 0 aliphatic carbocycles. The third kappa shape index (κ3) is 3.93. The predicted octanol–water partition coefficient (Wildman–Crippen LogP) is 8.87. The molecule has 0 spiro atoms. The fourth-order valence-corrected chi connectivity index (χ4v) is 4.23. The van der Waals surface area contributed by atoms with Crippen molar-refractivity contribution in [1.29, 1.82) is 0 Å². The van der Waals surface area contributed by atoms with Gasteiger partial charge in [0.25, 0.3) is 0 Å². The van der Waals surface area contributed by atoms with Crippen molar-refractivity contribution in [2.45, 2.75) is 6.92 Å². The summed E-state index contributed by atoms with van der Waals surface area (Å²) in [4.78, 5) is 2.33. The third-order valence-electron chi connectivity index (χ3n) is 5.81. The normalized spacial score (nSPS) is 11.5. The van der Waals surface area contributed by atoms with Crippen LogP contribution >= 0.6 is 0 Å². The molecule has 0 radical (unpaired) electrons. The molecule has 0 saturated heterocycles. The number of benzene rings is 5. The van der Waals surface area contributed by atoms with Crippen LogP contribution in [0.25, 0.3) is 22.4 Å². The molecule has 5 aromatic rings. The van der Waals surface area contributed by atoms with Crippen LogP contribution in [0.4, 0.5) is 17.1 Å². The molecule has 0 aliphatic rings. The van der Waals surface area contributed by atoms with Crippen molar-refractivity contribution >= 4 is 39.5 Å². The van der Waals surface area contributed by atoms with Gasteiger partial charge in [0.15, 0.2) is 0 Å². The van der Waals surface area contributed by atoms with E-state index in [1.54, 1.807) is 0 Å². The van der Waals surface area contributed by atoms with E-state index in [4.69, 9.17) is 0 Å². The first-order chi connectivity index (χ1) is 15.8. The van der Waals surface area contributed by atoms with E-state index in [2.05, 4.69) is 145 Å². The summed E-state index contributed by atoms with van der Waals surface area (Å²) in [5.41, 5.74) is 7.20. The minimum absolute atomic E-state index is 1.15. The van der Waals surface area contributed by atoms with Gasteiger partial charge in [-0.15, -0.1) is 0 Å². The molecule has 0 fully saturated rings. The molecule has 0 N–H and O–H groups in total. The molecular weight excluding hydrogens is 386 g/mol. The standard InChI is InChI=1S/C31H25N/c1-24(25-13-5-2-6-14-25)23-26-21-22-31(30-20-12-11-19-29(26)30)32(27-15-7-3-8-16-27)28-17-9-4-10-18-28/h2-23H,1H3. The van der Waals surface area contributed by atoms with E-state index >= 15 is 0 Å². The Bertz CT molecular complexity index is 1310. The van der Waals surface area contributed by atoms with Gasteiger partial charge in [-0.1, -0.05) is 103 Å². The average Bonchev–Trinajstić information content (AvgIpc) is 2.87. The fraction of sp³-hybridized carbons (Fsp3) is 0.0323. The van der Waals surface area contributed by atoms with Gasteiger partial charge < -0.3 is 4.90 Å². The summed E-state index contributed by atoms with van der Waals surface area (Å²) in [6.45, 7) is 2.18. The summed E-state index contributed by atoms with van der Waals surface area (Å²) in [7, 11) is 0. The Balaban J connectivity index is 1.69. The number of anilines is 3. The topological polar surface area (TPSA) is 3.24 Å². The highest BCUT2D eigenvalue weighted by Gasteiger charge is 2.15. The van der Waals surface area contributed by atoms with Gasteiger partial charge in [0.1, 0.15) is 0 Å². The van der Waals surface area contributed by atoms with Crippen molar-refractivity contribution in [3.8, 4) is 0 Å². The molecule has 0 heterocycles. The van der Waals surface area contributed by atoms with Crippen molar-refractivity contribution in [2.75, 3.05) is 4.90 Å². The summed E-state index contributed by atoms with van der Waals surface area (Å²) >= 11 is 0. The van der Waals surface area contributed by atoms with E-state index in [0.29, 0.717) is 0 Å². The monoisotopic (exact) mass is 411 g/mol. The van der Waals surface area contributed by atoms with Gasteiger partial charge in [-0.05, 0) is 59.3 Å². The number of allylic oxidation sites excluding steroid dienone is 1.